The molecular formula is C13H23N5O2S. The van der Waals surface area contributed by atoms with Crippen molar-refractivity contribution in [3.63, 3.8) is 0 Å². The second-order valence-electron chi connectivity index (χ2n) is 5.79. The summed E-state index contributed by atoms with van der Waals surface area (Å²) in [7, 11) is -2.05. The van der Waals surface area contributed by atoms with E-state index >= 15 is 0 Å². The van der Waals surface area contributed by atoms with Crippen molar-refractivity contribution >= 4 is 15.9 Å². The topological polar surface area (TPSA) is 114 Å². The van der Waals surface area contributed by atoms with Crippen molar-refractivity contribution in [1.82, 2.24) is 14.5 Å². The van der Waals surface area contributed by atoms with Crippen molar-refractivity contribution in [2.24, 2.45) is 12.8 Å². The van der Waals surface area contributed by atoms with E-state index in [1.165, 1.54) is 0 Å². The highest BCUT2D eigenvalue weighted by molar-refractivity contribution is 7.89. The molecule has 1 aromatic heterocycles. The number of amidine groups is 1. The average molecular weight is 313 g/mol. The molecule has 1 fully saturated rings. The maximum Gasteiger partial charge on any atom is 0.245 e. The predicted octanol–water partition coefficient (Wildman–Crippen LogP) is 0.954. The lowest BCUT2D eigenvalue weighted by Gasteiger charge is -2.36. The van der Waals surface area contributed by atoms with E-state index in [1.54, 1.807) is 25.6 Å². The van der Waals surface area contributed by atoms with E-state index in [-0.39, 0.29) is 10.7 Å². The molecule has 0 aromatic carbocycles. The Labute approximate surface area is 125 Å². The molecule has 0 unspecified atom stereocenters. The molecule has 1 aromatic rings. The summed E-state index contributed by atoms with van der Waals surface area (Å²) >= 11 is 0. The zero-order chi connectivity index (χ0) is 15.8. The Morgan fingerprint density at radius 3 is 2.33 bits per heavy atom. The van der Waals surface area contributed by atoms with Gasteiger partial charge >= 0.3 is 0 Å². The Kier molecular flexibility index (Phi) is 4.12. The lowest BCUT2D eigenvalue weighted by molar-refractivity contribution is 0.348. The maximum atomic E-state index is 12.7. The van der Waals surface area contributed by atoms with Crippen LogP contribution < -0.4 is 10.5 Å². The van der Waals surface area contributed by atoms with Gasteiger partial charge in [0.05, 0.1) is 16.9 Å². The van der Waals surface area contributed by atoms with Crippen LogP contribution in [0.15, 0.2) is 4.90 Å². The molecule has 118 valence electrons. The number of hydrogen-bond acceptors (Lipinski definition) is 4. The minimum atomic E-state index is -3.76. The predicted molar refractivity (Wildman–Crippen MR) is 80.7 cm³/mol. The fourth-order valence-corrected chi connectivity index (χ4v) is 4.91. The molecule has 0 saturated heterocycles. The minimum Gasteiger partial charge on any atom is -0.386 e. The van der Waals surface area contributed by atoms with E-state index < -0.39 is 15.6 Å². The monoisotopic (exact) mass is 313 g/mol. The van der Waals surface area contributed by atoms with Gasteiger partial charge < -0.3 is 5.73 Å². The van der Waals surface area contributed by atoms with Crippen LogP contribution in [0.4, 0.5) is 0 Å². The van der Waals surface area contributed by atoms with Crippen LogP contribution in [0.3, 0.4) is 0 Å². The summed E-state index contributed by atoms with van der Waals surface area (Å²) in [5, 5.41) is 12.0. The first-order valence-electron chi connectivity index (χ1n) is 7.08. The van der Waals surface area contributed by atoms with Gasteiger partial charge in [0.2, 0.25) is 10.0 Å². The van der Waals surface area contributed by atoms with Crippen LogP contribution in [0.1, 0.15) is 43.5 Å². The van der Waals surface area contributed by atoms with E-state index in [0.717, 1.165) is 19.3 Å². The van der Waals surface area contributed by atoms with Crippen LogP contribution in [0.25, 0.3) is 0 Å². The highest BCUT2D eigenvalue weighted by Gasteiger charge is 2.40. The number of nitrogens with one attached hydrogen (secondary N) is 2. The molecule has 1 saturated carbocycles. The second-order valence-corrected chi connectivity index (χ2v) is 7.40. The fourth-order valence-electron chi connectivity index (χ4n) is 3.03. The molecule has 1 aliphatic carbocycles. The third-order valence-electron chi connectivity index (χ3n) is 4.26. The molecule has 2 rings (SSSR count). The lowest BCUT2D eigenvalue weighted by Crippen LogP contribution is -2.58. The van der Waals surface area contributed by atoms with E-state index in [9.17, 15) is 8.42 Å². The number of aromatic nitrogens is 2. The van der Waals surface area contributed by atoms with Gasteiger partial charge in [-0.15, -0.1) is 0 Å². The molecule has 0 radical (unpaired) electrons. The van der Waals surface area contributed by atoms with Crippen LogP contribution in [-0.2, 0) is 17.1 Å². The van der Waals surface area contributed by atoms with Crippen molar-refractivity contribution in [2.45, 2.75) is 56.4 Å². The van der Waals surface area contributed by atoms with Crippen LogP contribution in [-0.4, -0.2) is 29.6 Å². The van der Waals surface area contributed by atoms with Crippen LogP contribution in [0.5, 0.6) is 0 Å². The summed E-state index contributed by atoms with van der Waals surface area (Å²) in [6.07, 6.45) is 3.92. The summed E-state index contributed by atoms with van der Waals surface area (Å²) in [5.41, 5.74) is 5.79. The van der Waals surface area contributed by atoms with Gasteiger partial charge in [0, 0.05) is 7.05 Å². The average Bonchev–Trinajstić information content (AvgIpc) is 2.64. The Hall–Kier alpha value is -1.41. The van der Waals surface area contributed by atoms with Gasteiger partial charge in [-0.25, -0.2) is 8.42 Å². The molecule has 0 bridgehead atoms. The number of hydrogen-bond donors (Lipinski definition) is 3. The van der Waals surface area contributed by atoms with Gasteiger partial charge in [0.1, 0.15) is 10.7 Å². The van der Waals surface area contributed by atoms with Crippen molar-refractivity contribution in [3.05, 3.63) is 11.4 Å². The summed E-state index contributed by atoms with van der Waals surface area (Å²) in [6.45, 7) is 3.39. The Morgan fingerprint density at radius 1 is 1.33 bits per heavy atom. The van der Waals surface area contributed by atoms with E-state index in [2.05, 4.69) is 9.82 Å². The third-order valence-corrected chi connectivity index (χ3v) is 6.05. The molecule has 0 aliphatic heterocycles. The number of sulfonamides is 1. The van der Waals surface area contributed by atoms with Crippen LogP contribution >= 0.6 is 0 Å². The Bertz CT molecular complexity index is 656. The van der Waals surface area contributed by atoms with Gasteiger partial charge in [0.25, 0.3) is 0 Å². The fraction of sp³-hybridized carbons (Fsp3) is 0.692. The summed E-state index contributed by atoms with van der Waals surface area (Å²) in [4.78, 5) is 0.191. The molecule has 0 amide bonds. The molecule has 7 nitrogen and oxygen atoms in total. The standard InChI is InChI=1S/C13H23N5O2S/c1-9-11(10(2)18(3)16-9)21(19,20)17-13(12(14)15)7-5-4-6-8-13/h17H,4-8H2,1-3H3,(H3,14,15). The molecule has 0 spiro atoms. The largest absolute Gasteiger partial charge is 0.386 e. The number of rotatable bonds is 4. The third kappa shape index (κ3) is 2.82. The number of aryl methyl sites for hydroxylation is 2. The summed E-state index contributed by atoms with van der Waals surface area (Å²) < 4.78 is 29.7. The molecular weight excluding hydrogens is 290 g/mol. The highest BCUT2D eigenvalue weighted by atomic mass is 32.2. The molecule has 8 heteroatoms. The summed E-state index contributed by atoms with van der Waals surface area (Å²) in [5.74, 6) is -0.107. The molecule has 0 atom stereocenters. The van der Waals surface area contributed by atoms with Gasteiger partial charge in [-0.2, -0.15) is 9.82 Å². The highest BCUT2D eigenvalue weighted by Crippen LogP contribution is 2.31. The van der Waals surface area contributed by atoms with Crippen LogP contribution in [0, 0.1) is 19.3 Å². The van der Waals surface area contributed by atoms with Crippen molar-refractivity contribution in [2.75, 3.05) is 0 Å². The SMILES string of the molecule is Cc1nn(C)c(C)c1S(=O)(=O)NC1(C(=N)N)CCCCC1. The summed E-state index contributed by atoms with van der Waals surface area (Å²) in [6, 6.07) is 0. The first kappa shape index (κ1) is 16.0. The van der Waals surface area contributed by atoms with Crippen molar-refractivity contribution in [3.8, 4) is 0 Å². The molecule has 1 aliphatic rings. The quantitative estimate of drug-likeness (QED) is 0.567. The normalized spacial score (nSPS) is 18.6. The maximum absolute atomic E-state index is 12.7. The van der Waals surface area contributed by atoms with Gasteiger partial charge in [-0.05, 0) is 26.7 Å². The van der Waals surface area contributed by atoms with Gasteiger partial charge in [-0.1, -0.05) is 19.3 Å². The zero-order valence-corrected chi connectivity index (χ0v) is 13.5. The smallest absolute Gasteiger partial charge is 0.245 e. The first-order valence-corrected chi connectivity index (χ1v) is 8.56. The number of nitrogens with two attached hydrogens (primary N) is 1. The second kappa shape index (κ2) is 5.42. The van der Waals surface area contributed by atoms with Gasteiger partial charge in [-0.3, -0.25) is 10.1 Å². The van der Waals surface area contributed by atoms with E-state index in [0.29, 0.717) is 24.2 Å². The van der Waals surface area contributed by atoms with E-state index in [1.807, 2.05) is 0 Å². The van der Waals surface area contributed by atoms with Crippen molar-refractivity contribution < 1.29 is 8.42 Å². The number of nitrogens with zero attached hydrogens (tertiary/aromatic N) is 2. The van der Waals surface area contributed by atoms with Crippen molar-refractivity contribution in [1.29, 1.82) is 5.41 Å². The van der Waals surface area contributed by atoms with Gasteiger partial charge in [0.15, 0.2) is 0 Å². The Morgan fingerprint density at radius 2 is 1.90 bits per heavy atom. The zero-order valence-electron chi connectivity index (χ0n) is 12.7. The molecule has 4 N–H and O–H groups in total. The lowest BCUT2D eigenvalue weighted by atomic mass is 9.82. The van der Waals surface area contributed by atoms with Crippen LogP contribution in [0.2, 0.25) is 0 Å². The Balaban J connectivity index is 2.42. The molecule has 1 heterocycles. The molecule has 21 heavy (non-hydrogen) atoms. The van der Waals surface area contributed by atoms with E-state index in [4.69, 9.17) is 11.1 Å². The minimum absolute atomic E-state index is 0.107. The first-order chi connectivity index (χ1) is 9.69.